The van der Waals surface area contributed by atoms with Gasteiger partial charge in [0.15, 0.2) is 25.8 Å². The lowest BCUT2D eigenvalue weighted by Crippen LogP contribution is -2.36. The molecule has 0 saturated carbocycles. The molecule has 0 N–H and O–H groups in total. The van der Waals surface area contributed by atoms with Gasteiger partial charge in [0.25, 0.3) is 0 Å². The zero-order valence-corrected chi connectivity index (χ0v) is 36.6. The monoisotopic (exact) mass is 858 g/mol. The van der Waals surface area contributed by atoms with Crippen LogP contribution in [0.25, 0.3) is 67.4 Å². The van der Waals surface area contributed by atoms with Crippen LogP contribution >= 0.6 is 0 Å². The van der Waals surface area contributed by atoms with Gasteiger partial charge in [0.2, 0.25) is 28.5 Å². The molecule has 3 aliphatic heterocycles. The van der Waals surface area contributed by atoms with Crippen LogP contribution in [0.2, 0.25) is 0 Å². The van der Waals surface area contributed by atoms with E-state index < -0.39 is 33.3 Å². The van der Waals surface area contributed by atoms with E-state index in [4.69, 9.17) is 17.8 Å². The summed E-state index contributed by atoms with van der Waals surface area (Å²) in [6.45, 7) is -1.35. The van der Waals surface area contributed by atoms with Gasteiger partial charge < -0.3 is 0 Å². The summed E-state index contributed by atoms with van der Waals surface area (Å²) in [7, 11) is 0. The third kappa shape index (κ3) is 7.69. The number of aryl methyl sites for hydroxylation is 4. The van der Waals surface area contributed by atoms with Crippen LogP contribution in [-0.4, -0.2) is 0 Å². The summed E-state index contributed by atoms with van der Waals surface area (Å²) in [5.41, 5.74) is 16.8. The molecule has 0 spiro atoms. The van der Waals surface area contributed by atoms with Crippen molar-refractivity contribution >= 4 is 0 Å². The summed E-state index contributed by atoms with van der Waals surface area (Å²) in [4.78, 5) is 0. The van der Waals surface area contributed by atoms with Crippen molar-refractivity contribution in [2.45, 2.75) is 73.2 Å². The smallest absolute Gasteiger partial charge is 0.194 e. The molecular formula is C62H58N3+3. The van der Waals surface area contributed by atoms with Gasteiger partial charge in [-0.3, -0.25) is 0 Å². The van der Waals surface area contributed by atoms with Gasteiger partial charge >= 0.3 is 0 Å². The number of rotatable bonds is 6. The normalized spacial score (nSPS) is 16.1. The average Bonchev–Trinajstić information content (AvgIpc) is 4.21. The zero-order valence-electron chi connectivity index (χ0n) is 49.6. The summed E-state index contributed by atoms with van der Waals surface area (Å²) in [6.07, 6.45) is -1.22. The Hall–Kier alpha value is -7.23. The standard InChI is InChI=1S/2C21H20N.C20H18N/c1-3-17-20(18-10-6-4-8-15(18)2)12-13-22-14-16-9-5-7-11-19(16)21(17)22;1-3-16-12-13-20-19-11-7-5-9-17(19)14-22(20)21(16)18-10-6-4-8-15(18)2;1-2-15-8-3-5-10-17(15)19-12-7-13-20-18-11-6-4-9-16(18)14-21(19)20/h2*4-13H,3,14H2,1-2H3;3-13H,2,14H2,1H3/q3*+1/i2*2D3,3D2;1D3. The van der Waals surface area contributed by atoms with Crippen molar-refractivity contribution in [3.63, 3.8) is 0 Å². The molecule has 0 aliphatic carbocycles. The van der Waals surface area contributed by atoms with Crippen molar-refractivity contribution in [2.75, 3.05) is 0 Å². The third-order valence-corrected chi connectivity index (χ3v) is 12.8. The van der Waals surface area contributed by atoms with Crippen molar-refractivity contribution in [3.05, 3.63) is 233 Å². The first-order chi connectivity index (χ1) is 36.9. The second kappa shape index (κ2) is 18.1. The lowest BCUT2D eigenvalue weighted by atomic mass is 9.92. The average molecular weight is 858 g/mol. The third-order valence-electron chi connectivity index (χ3n) is 12.8. The van der Waals surface area contributed by atoms with Crippen LogP contribution in [-0.2, 0) is 38.8 Å². The molecule has 0 saturated heterocycles. The Kier molecular flexibility index (Phi) is 8.15. The lowest BCUT2D eigenvalue weighted by molar-refractivity contribution is -0.672. The van der Waals surface area contributed by atoms with Gasteiger partial charge in [-0.15, -0.1) is 0 Å². The minimum absolute atomic E-state index is 0.0837. The molecule has 9 aromatic rings. The summed E-state index contributed by atoms with van der Waals surface area (Å²) < 4.78 is 110. The van der Waals surface area contributed by atoms with Crippen LogP contribution in [0.4, 0.5) is 0 Å². The number of nitrogens with zero attached hydrogens (tertiary/aromatic N) is 3. The Morgan fingerprint density at radius 1 is 0.415 bits per heavy atom. The maximum Gasteiger partial charge on any atom is 0.217 e. The highest BCUT2D eigenvalue weighted by molar-refractivity contribution is 5.78. The van der Waals surface area contributed by atoms with Gasteiger partial charge in [-0.25, -0.2) is 0 Å². The predicted octanol–water partition coefficient (Wildman–Crippen LogP) is 13.3. The van der Waals surface area contributed by atoms with Crippen LogP contribution < -0.4 is 13.7 Å². The molecule has 3 nitrogen and oxygen atoms in total. The number of hydrogen-bond acceptors (Lipinski definition) is 0. The first kappa shape index (κ1) is 29.3. The molecule has 3 heteroatoms. The minimum atomic E-state index is -2.27. The van der Waals surface area contributed by atoms with Crippen molar-refractivity contribution < 1.29 is 31.5 Å². The topological polar surface area (TPSA) is 11.6 Å². The summed E-state index contributed by atoms with van der Waals surface area (Å²) >= 11 is 0. The summed E-state index contributed by atoms with van der Waals surface area (Å²) in [6, 6.07) is 57.9. The van der Waals surface area contributed by atoms with Crippen LogP contribution in [0, 0.1) is 13.7 Å². The van der Waals surface area contributed by atoms with Gasteiger partial charge in [-0.05, 0) is 103 Å². The molecule has 0 unspecified atom stereocenters. The van der Waals surface area contributed by atoms with E-state index in [1.165, 1.54) is 30.7 Å². The molecule has 12 rings (SSSR count). The molecule has 0 fully saturated rings. The molecule has 6 aromatic carbocycles. The Balaban J connectivity index is 0.000000133. The summed E-state index contributed by atoms with van der Waals surface area (Å²) in [5.74, 6) is 0. The maximum absolute atomic E-state index is 8.51. The van der Waals surface area contributed by atoms with Gasteiger partial charge in [0, 0.05) is 81.0 Å². The van der Waals surface area contributed by atoms with Gasteiger partial charge in [-0.2, -0.15) is 13.7 Å². The molecule has 65 heavy (non-hydrogen) atoms. The van der Waals surface area contributed by atoms with Crippen LogP contribution in [0.15, 0.2) is 188 Å². The zero-order chi connectivity index (χ0) is 55.5. The fourth-order valence-corrected chi connectivity index (χ4v) is 9.72. The van der Waals surface area contributed by atoms with E-state index in [1.54, 1.807) is 48.5 Å². The molecule has 318 valence electrons. The Bertz CT molecular complexity index is 3750. The quantitative estimate of drug-likeness (QED) is 0.148. The van der Waals surface area contributed by atoms with Crippen LogP contribution in [0.3, 0.4) is 0 Å². The molecule has 0 atom stereocenters. The van der Waals surface area contributed by atoms with Crippen molar-refractivity contribution in [1.29, 1.82) is 0 Å². The maximum atomic E-state index is 8.51. The summed E-state index contributed by atoms with van der Waals surface area (Å²) in [5, 5.41) is 0. The van der Waals surface area contributed by atoms with E-state index in [0.717, 1.165) is 57.0 Å². The number of pyridine rings is 3. The largest absolute Gasteiger partial charge is 0.217 e. The molecule has 0 radical (unpaired) electrons. The van der Waals surface area contributed by atoms with Gasteiger partial charge in [-0.1, -0.05) is 136 Å². The molecule has 0 amide bonds. The fourth-order valence-electron chi connectivity index (χ4n) is 9.72. The van der Waals surface area contributed by atoms with E-state index in [1.807, 2.05) is 100 Å². The number of fused-ring (bicyclic) bond motifs is 9. The van der Waals surface area contributed by atoms with E-state index >= 15 is 0 Å². The van der Waals surface area contributed by atoms with Crippen LogP contribution in [0.5, 0.6) is 0 Å². The number of benzene rings is 6. The SMILES string of the molecule is [2H]C([2H])([2H])Cc1ccccc1-c1cccc2[n+]1Cc1ccccc1-2.[2H]C([2H])([2H])c1ccccc1-c1c(C([2H])([2H])C)ccc2[n+]1Cc1ccccc1-2.[2H]C([2H])([2H])c1ccccc1-c1cc[n+]2c(c1C([2H])([2H])C)-c1ccccc1C2. The van der Waals surface area contributed by atoms with Crippen molar-refractivity contribution in [1.82, 2.24) is 0 Å². The van der Waals surface area contributed by atoms with E-state index in [0.29, 0.717) is 46.6 Å². The number of aromatic nitrogens is 3. The first-order valence-corrected chi connectivity index (χ1v) is 22.1. The fraction of sp³-hybridized carbons (Fsp3) is 0.177. The van der Waals surface area contributed by atoms with Gasteiger partial charge in [0.05, 0.1) is 16.7 Å². The van der Waals surface area contributed by atoms with Crippen molar-refractivity contribution in [2.24, 2.45) is 0 Å². The Labute approximate surface area is 403 Å². The molecular weight excluding hydrogens is 787 g/mol. The molecule has 3 aliphatic rings. The number of hydrogen-bond donors (Lipinski definition) is 0. The Morgan fingerprint density at radius 3 is 1.62 bits per heavy atom. The molecule has 3 aromatic heterocycles. The van der Waals surface area contributed by atoms with Crippen LogP contribution in [0.1, 0.15) is 83.0 Å². The minimum Gasteiger partial charge on any atom is -0.194 e. The van der Waals surface area contributed by atoms with Crippen molar-refractivity contribution in [3.8, 4) is 67.4 Å². The highest BCUT2D eigenvalue weighted by atomic mass is 15.0. The second-order valence-corrected chi connectivity index (χ2v) is 16.4. The Morgan fingerprint density at radius 2 is 0.954 bits per heavy atom. The highest BCUT2D eigenvalue weighted by Gasteiger charge is 2.33. The lowest BCUT2D eigenvalue weighted by Gasteiger charge is -2.11. The van der Waals surface area contributed by atoms with E-state index in [9.17, 15) is 0 Å². The van der Waals surface area contributed by atoms with Gasteiger partial charge in [0.1, 0.15) is 0 Å². The van der Waals surface area contributed by atoms with E-state index in [-0.39, 0.29) is 17.5 Å². The molecule has 0 bridgehead atoms. The van der Waals surface area contributed by atoms with E-state index in [2.05, 4.69) is 53.1 Å². The molecule has 6 heterocycles. The first-order valence-electron chi connectivity index (χ1n) is 28.6. The second-order valence-electron chi connectivity index (χ2n) is 16.4. The highest BCUT2D eigenvalue weighted by Crippen LogP contribution is 2.37. The predicted molar refractivity (Wildman–Crippen MR) is 267 cm³/mol.